The monoisotopic (exact) mass is 443 g/mol. The van der Waals surface area contributed by atoms with Gasteiger partial charge < -0.3 is 24.7 Å². The number of phenolic OH excluding ortho intramolecular Hbond substituents is 1. The van der Waals surface area contributed by atoms with Crippen LogP contribution in [0.4, 0.5) is 5.69 Å². The Morgan fingerprint density at radius 2 is 2.06 bits per heavy atom. The van der Waals surface area contributed by atoms with Crippen molar-refractivity contribution in [1.82, 2.24) is 14.5 Å². The topological polar surface area (TPSA) is 133 Å². The summed E-state index contributed by atoms with van der Waals surface area (Å²) in [7, 11) is 1.51. The van der Waals surface area contributed by atoms with Crippen molar-refractivity contribution in [2.75, 3.05) is 5.32 Å². The zero-order valence-corrected chi connectivity index (χ0v) is 18.0. The normalized spacial score (nSPS) is 11.7. The van der Waals surface area contributed by atoms with Crippen LogP contribution in [-0.4, -0.2) is 19.6 Å². The number of nitrogens with zero attached hydrogens (tertiary/aromatic N) is 3. The summed E-state index contributed by atoms with van der Waals surface area (Å²) in [5, 5.41) is 23.1. The molecule has 0 aliphatic heterocycles. The van der Waals surface area contributed by atoms with Crippen molar-refractivity contribution in [2.45, 2.75) is 19.6 Å². The molecule has 33 heavy (non-hydrogen) atoms. The van der Waals surface area contributed by atoms with Gasteiger partial charge in [-0.2, -0.15) is 5.26 Å². The average Bonchev–Trinajstić information content (AvgIpc) is 2.81. The van der Waals surface area contributed by atoms with Crippen LogP contribution in [0, 0.1) is 11.3 Å². The van der Waals surface area contributed by atoms with Crippen LogP contribution in [0.25, 0.3) is 10.9 Å². The van der Waals surface area contributed by atoms with Gasteiger partial charge in [0.15, 0.2) is 11.5 Å². The van der Waals surface area contributed by atoms with Crippen LogP contribution in [0.2, 0.25) is 0 Å². The highest BCUT2D eigenvalue weighted by atomic mass is 16.5. The third kappa shape index (κ3) is 4.41. The van der Waals surface area contributed by atoms with E-state index in [2.05, 4.69) is 15.3 Å². The van der Waals surface area contributed by atoms with Gasteiger partial charge in [0.25, 0.3) is 11.1 Å². The molecule has 9 heteroatoms. The van der Waals surface area contributed by atoms with E-state index in [4.69, 9.17) is 10.00 Å². The molecule has 0 saturated heterocycles. The summed E-state index contributed by atoms with van der Waals surface area (Å²) in [6, 6.07) is 14.7. The Morgan fingerprint density at radius 3 is 2.79 bits per heavy atom. The number of pyridine rings is 3. The fraction of sp³-hybridized carbons (Fsp3) is 0.167. The summed E-state index contributed by atoms with van der Waals surface area (Å²) < 4.78 is 6.90. The Morgan fingerprint density at radius 1 is 1.24 bits per heavy atom. The lowest BCUT2D eigenvalue weighted by Gasteiger charge is -2.16. The standard InChI is InChI=1S/C24H21N5O4/c1-14(27-19-7-6-17(12-25)29(2)24(19)32)18-9-15-10-21(30)22(11-20(15)28-23(18)31)33-13-16-5-3-4-8-26-16/h3-11,14,27,30H,13H2,1-2H3,(H,28,31)/t14-/m0/s1. The molecule has 4 rings (SSSR count). The molecule has 0 radical (unpaired) electrons. The third-order valence-corrected chi connectivity index (χ3v) is 5.31. The number of ether oxygens (including phenoxy) is 1. The van der Waals surface area contributed by atoms with Crippen LogP contribution in [0.15, 0.2) is 64.3 Å². The van der Waals surface area contributed by atoms with Gasteiger partial charge in [-0.05, 0) is 43.3 Å². The molecule has 0 saturated carbocycles. The molecule has 166 valence electrons. The molecular formula is C24H21N5O4. The minimum Gasteiger partial charge on any atom is -0.504 e. The van der Waals surface area contributed by atoms with Gasteiger partial charge in [-0.1, -0.05) is 6.07 Å². The minimum atomic E-state index is -0.513. The predicted octanol–water partition coefficient (Wildman–Crippen LogP) is 2.95. The number of nitrogens with one attached hydrogen (secondary N) is 2. The molecule has 0 amide bonds. The van der Waals surface area contributed by atoms with Gasteiger partial charge >= 0.3 is 0 Å². The maximum atomic E-state index is 12.8. The van der Waals surface area contributed by atoms with Crippen molar-refractivity contribution >= 4 is 16.6 Å². The fourth-order valence-corrected chi connectivity index (χ4v) is 3.48. The van der Waals surface area contributed by atoms with Crippen molar-refractivity contribution in [2.24, 2.45) is 7.05 Å². The lowest BCUT2D eigenvalue weighted by Crippen LogP contribution is -2.26. The smallest absolute Gasteiger partial charge is 0.274 e. The second-order valence-corrected chi connectivity index (χ2v) is 7.54. The van der Waals surface area contributed by atoms with Crippen molar-refractivity contribution in [3.05, 3.63) is 92.4 Å². The molecule has 0 bridgehead atoms. The summed E-state index contributed by atoms with van der Waals surface area (Å²) in [6.07, 6.45) is 1.65. The molecule has 0 spiro atoms. The first-order valence-electron chi connectivity index (χ1n) is 10.2. The van der Waals surface area contributed by atoms with E-state index >= 15 is 0 Å². The number of aromatic amines is 1. The summed E-state index contributed by atoms with van der Waals surface area (Å²) in [5.74, 6) is 0.154. The molecule has 3 aromatic heterocycles. The quantitative estimate of drug-likeness (QED) is 0.417. The van der Waals surface area contributed by atoms with Gasteiger partial charge in [-0.25, -0.2) is 0 Å². The van der Waals surface area contributed by atoms with Crippen LogP contribution in [-0.2, 0) is 13.7 Å². The lowest BCUT2D eigenvalue weighted by atomic mass is 10.1. The number of aromatic nitrogens is 3. The van der Waals surface area contributed by atoms with Crippen molar-refractivity contribution in [3.63, 3.8) is 0 Å². The van der Waals surface area contributed by atoms with Crippen molar-refractivity contribution in [3.8, 4) is 17.6 Å². The Bertz CT molecular complexity index is 1490. The van der Waals surface area contributed by atoms with Gasteiger partial charge in [0, 0.05) is 30.3 Å². The second kappa shape index (κ2) is 8.88. The van der Waals surface area contributed by atoms with Gasteiger partial charge in [0.2, 0.25) is 0 Å². The van der Waals surface area contributed by atoms with Crippen LogP contribution >= 0.6 is 0 Å². The molecule has 0 fully saturated rings. The van der Waals surface area contributed by atoms with Crippen LogP contribution < -0.4 is 21.2 Å². The summed E-state index contributed by atoms with van der Waals surface area (Å²) in [4.78, 5) is 32.2. The van der Waals surface area contributed by atoms with E-state index in [1.165, 1.54) is 29.8 Å². The molecule has 3 heterocycles. The number of hydrogen-bond donors (Lipinski definition) is 3. The maximum absolute atomic E-state index is 12.8. The number of benzene rings is 1. The molecular weight excluding hydrogens is 422 g/mol. The summed E-state index contributed by atoms with van der Waals surface area (Å²) in [5.41, 5.74) is 1.38. The average molecular weight is 443 g/mol. The first kappa shape index (κ1) is 21.6. The number of aromatic hydroxyl groups is 1. The Kier molecular flexibility index (Phi) is 5.83. The number of fused-ring (bicyclic) bond motifs is 1. The number of nitriles is 1. The van der Waals surface area contributed by atoms with E-state index in [1.54, 1.807) is 31.3 Å². The van der Waals surface area contributed by atoms with Gasteiger partial charge in [0.1, 0.15) is 24.1 Å². The Labute approximate surface area is 188 Å². The molecule has 1 atom stereocenters. The van der Waals surface area contributed by atoms with E-state index in [-0.39, 0.29) is 40.6 Å². The predicted molar refractivity (Wildman–Crippen MR) is 123 cm³/mol. The minimum absolute atomic E-state index is 0.0713. The molecule has 9 nitrogen and oxygen atoms in total. The third-order valence-electron chi connectivity index (χ3n) is 5.31. The maximum Gasteiger partial charge on any atom is 0.274 e. The van der Waals surface area contributed by atoms with Gasteiger partial charge in [0.05, 0.1) is 17.3 Å². The molecule has 0 aliphatic carbocycles. The number of phenols is 1. The van der Waals surface area contributed by atoms with Gasteiger partial charge in [-0.3, -0.25) is 14.6 Å². The fourth-order valence-electron chi connectivity index (χ4n) is 3.48. The zero-order valence-electron chi connectivity index (χ0n) is 18.0. The Balaban J connectivity index is 1.61. The molecule has 3 N–H and O–H groups in total. The molecule has 1 aromatic carbocycles. The van der Waals surface area contributed by atoms with Crippen LogP contribution in [0.3, 0.4) is 0 Å². The van der Waals surface area contributed by atoms with E-state index < -0.39 is 6.04 Å². The lowest BCUT2D eigenvalue weighted by molar-refractivity contribution is 0.285. The van der Waals surface area contributed by atoms with Crippen LogP contribution in [0.5, 0.6) is 11.5 Å². The summed E-state index contributed by atoms with van der Waals surface area (Å²) in [6.45, 7) is 1.92. The number of H-pyrrole nitrogens is 1. The van der Waals surface area contributed by atoms with Crippen molar-refractivity contribution < 1.29 is 9.84 Å². The first-order valence-corrected chi connectivity index (χ1v) is 10.2. The Hall–Kier alpha value is -4.58. The highest BCUT2D eigenvalue weighted by Gasteiger charge is 2.15. The van der Waals surface area contributed by atoms with E-state index in [0.717, 1.165) is 0 Å². The number of hydrogen-bond acceptors (Lipinski definition) is 7. The first-order chi connectivity index (χ1) is 15.9. The van der Waals surface area contributed by atoms with Crippen LogP contribution in [0.1, 0.15) is 29.9 Å². The van der Waals surface area contributed by atoms with E-state index in [1.807, 2.05) is 18.2 Å². The zero-order chi connectivity index (χ0) is 23.5. The SMILES string of the molecule is C[C@H](Nc1ccc(C#N)n(C)c1=O)c1cc2cc(O)c(OCc3ccccn3)cc2[nH]c1=O. The largest absolute Gasteiger partial charge is 0.504 e. The van der Waals surface area contributed by atoms with Crippen molar-refractivity contribution in [1.29, 1.82) is 5.26 Å². The molecule has 0 unspecified atom stereocenters. The van der Waals surface area contributed by atoms with Gasteiger partial charge in [-0.15, -0.1) is 0 Å². The summed E-state index contributed by atoms with van der Waals surface area (Å²) >= 11 is 0. The highest BCUT2D eigenvalue weighted by Crippen LogP contribution is 2.31. The number of anilines is 1. The number of rotatable bonds is 6. The highest BCUT2D eigenvalue weighted by molar-refractivity contribution is 5.83. The molecule has 0 aliphatic rings. The second-order valence-electron chi connectivity index (χ2n) is 7.54. The van der Waals surface area contributed by atoms with E-state index in [0.29, 0.717) is 22.2 Å². The van der Waals surface area contributed by atoms with E-state index in [9.17, 15) is 14.7 Å². The molecule has 4 aromatic rings.